The van der Waals surface area contributed by atoms with Crippen LogP contribution in [-0.2, 0) is 4.79 Å². The van der Waals surface area contributed by atoms with Crippen molar-refractivity contribution >= 4 is 22.8 Å². The number of nitrogens with zero attached hydrogens (tertiary/aromatic N) is 1. The lowest BCUT2D eigenvalue weighted by Crippen LogP contribution is -2.64. The highest BCUT2D eigenvalue weighted by Gasteiger charge is 2.58. The second-order valence-electron chi connectivity index (χ2n) is 6.28. The van der Waals surface area contributed by atoms with Crippen molar-refractivity contribution in [2.45, 2.75) is 56.9 Å². The van der Waals surface area contributed by atoms with Crippen molar-refractivity contribution in [3.8, 4) is 0 Å². The van der Waals surface area contributed by atoms with E-state index in [0.29, 0.717) is 16.6 Å². The van der Waals surface area contributed by atoms with E-state index in [0.717, 1.165) is 5.92 Å². The molecule has 2 N–H and O–H groups in total. The first-order chi connectivity index (χ1) is 8.36. The standard InChI is InChI=1S/C13H20N2O2S/c1-7(16)13(3)10(17)15-11(18-13)14-9-6-8-4-5-12(8,9)2/h7-9,16H,4-6H2,1-3H3,(H,14,15,17)/t7-,8-,9-,12?,13-/m0/s1. The number of carbonyl (C=O) groups excluding carboxylic acids is 1. The van der Waals surface area contributed by atoms with Gasteiger partial charge in [-0.05, 0) is 44.4 Å². The van der Waals surface area contributed by atoms with E-state index in [1.165, 1.54) is 31.0 Å². The van der Waals surface area contributed by atoms with Crippen molar-refractivity contribution in [2.75, 3.05) is 0 Å². The van der Waals surface area contributed by atoms with Gasteiger partial charge in [-0.3, -0.25) is 4.79 Å². The van der Waals surface area contributed by atoms with Gasteiger partial charge < -0.3 is 10.4 Å². The summed E-state index contributed by atoms with van der Waals surface area (Å²) in [6, 6.07) is 0.451. The van der Waals surface area contributed by atoms with Gasteiger partial charge in [0.1, 0.15) is 4.75 Å². The number of nitrogens with one attached hydrogen (secondary N) is 1. The van der Waals surface area contributed by atoms with Crippen LogP contribution in [0.4, 0.5) is 0 Å². The van der Waals surface area contributed by atoms with Crippen LogP contribution in [0.2, 0.25) is 0 Å². The molecule has 4 nitrogen and oxygen atoms in total. The van der Waals surface area contributed by atoms with Crippen LogP contribution in [0.25, 0.3) is 0 Å². The zero-order chi connectivity index (χ0) is 13.1. The third kappa shape index (κ3) is 1.50. The number of hydrogen-bond acceptors (Lipinski definition) is 4. The molecule has 3 rings (SSSR count). The first-order valence-corrected chi connectivity index (χ1v) is 7.44. The zero-order valence-corrected chi connectivity index (χ0v) is 11.9. The molecule has 2 aliphatic carbocycles. The van der Waals surface area contributed by atoms with Crippen LogP contribution in [-0.4, -0.2) is 33.1 Å². The molecular formula is C13H20N2O2S. The molecule has 0 spiro atoms. The summed E-state index contributed by atoms with van der Waals surface area (Å²) in [6.07, 6.45) is 3.12. The van der Waals surface area contributed by atoms with Gasteiger partial charge in [-0.15, -0.1) is 0 Å². The molecule has 1 unspecified atom stereocenters. The lowest BCUT2D eigenvalue weighted by atomic mass is 9.46. The Balaban J connectivity index is 1.66. The topological polar surface area (TPSA) is 61.7 Å². The van der Waals surface area contributed by atoms with Gasteiger partial charge in [-0.1, -0.05) is 18.7 Å². The Morgan fingerprint density at radius 3 is 2.67 bits per heavy atom. The van der Waals surface area contributed by atoms with E-state index in [1.807, 2.05) is 0 Å². The molecule has 18 heavy (non-hydrogen) atoms. The molecule has 3 aliphatic rings. The zero-order valence-electron chi connectivity index (χ0n) is 11.1. The van der Waals surface area contributed by atoms with Crippen molar-refractivity contribution in [1.82, 2.24) is 5.32 Å². The number of thioether (sulfide) groups is 1. The SMILES string of the molecule is C[C@H](O)[C@]1(C)SC(N[C@H]2C[C@@H]3CCC32C)=NC1=O. The molecule has 5 heteroatoms. The minimum absolute atomic E-state index is 0.223. The maximum atomic E-state index is 11.9. The number of hydrogen-bond donors (Lipinski definition) is 2. The van der Waals surface area contributed by atoms with Crippen LogP contribution in [0.1, 0.15) is 40.0 Å². The van der Waals surface area contributed by atoms with Crippen molar-refractivity contribution < 1.29 is 9.90 Å². The van der Waals surface area contributed by atoms with Crippen LogP contribution in [0.5, 0.6) is 0 Å². The summed E-state index contributed by atoms with van der Waals surface area (Å²) in [5, 5.41) is 13.8. The third-order valence-corrected chi connectivity index (χ3v) is 6.65. The molecule has 0 aromatic carbocycles. The fourth-order valence-electron chi connectivity index (χ4n) is 3.21. The molecular weight excluding hydrogens is 248 g/mol. The molecule has 0 saturated heterocycles. The summed E-state index contributed by atoms with van der Waals surface area (Å²) in [5.74, 6) is 0.639. The maximum Gasteiger partial charge on any atom is 0.267 e. The second kappa shape index (κ2) is 3.73. The molecule has 0 aromatic rings. The highest BCUT2D eigenvalue weighted by molar-refractivity contribution is 8.16. The van der Waals surface area contributed by atoms with Gasteiger partial charge in [0, 0.05) is 6.04 Å². The highest BCUT2D eigenvalue weighted by atomic mass is 32.2. The summed E-state index contributed by atoms with van der Waals surface area (Å²) >= 11 is 1.37. The van der Waals surface area contributed by atoms with E-state index in [4.69, 9.17) is 0 Å². The van der Waals surface area contributed by atoms with E-state index in [1.54, 1.807) is 13.8 Å². The van der Waals surface area contributed by atoms with E-state index in [9.17, 15) is 9.90 Å². The van der Waals surface area contributed by atoms with Gasteiger partial charge in [0.25, 0.3) is 5.91 Å². The number of amides is 1. The largest absolute Gasteiger partial charge is 0.391 e. The van der Waals surface area contributed by atoms with Gasteiger partial charge in [0.05, 0.1) is 6.10 Å². The van der Waals surface area contributed by atoms with Gasteiger partial charge in [0.2, 0.25) is 0 Å². The average Bonchev–Trinajstić information content (AvgIpc) is 2.59. The minimum Gasteiger partial charge on any atom is -0.391 e. The van der Waals surface area contributed by atoms with E-state index in [-0.39, 0.29) is 5.91 Å². The molecule has 0 radical (unpaired) electrons. The molecule has 2 fully saturated rings. The number of aliphatic hydroxyl groups is 1. The fourth-order valence-corrected chi connectivity index (χ4v) is 4.25. The van der Waals surface area contributed by atoms with Crippen molar-refractivity contribution in [3.05, 3.63) is 0 Å². The minimum atomic E-state index is -0.813. The highest BCUT2D eigenvalue weighted by Crippen LogP contribution is 2.60. The number of fused-ring (bicyclic) bond motifs is 1. The summed E-state index contributed by atoms with van der Waals surface area (Å²) < 4.78 is -0.813. The quantitative estimate of drug-likeness (QED) is 0.797. The van der Waals surface area contributed by atoms with Gasteiger partial charge in [0.15, 0.2) is 5.17 Å². The van der Waals surface area contributed by atoms with Crippen LogP contribution in [0.3, 0.4) is 0 Å². The molecule has 1 amide bonds. The Kier molecular flexibility index (Phi) is 2.59. The number of aliphatic imine (C=N–C) groups is 1. The molecule has 0 bridgehead atoms. The van der Waals surface area contributed by atoms with Crippen LogP contribution in [0.15, 0.2) is 4.99 Å². The Bertz CT molecular complexity index is 437. The molecule has 5 atom stereocenters. The number of aliphatic hydroxyl groups excluding tert-OH is 1. The molecule has 1 aliphatic heterocycles. The van der Waals surface area contributed by atoms with Crippen LogP contribution in [0, 0.1) is 11.3 Å². The monoisotopic (exact) mass is 268 g/mol. The fraction of sp³-hybridized carbons (Fsp3) is 0.846. The van der Waals surface area contributed by atoms with Crippen molar-refractivity contribution in [2.24, 2.45) is 16.3 Å². The summed E-state index contributed by atoms with van der Waals surface area (Å²) in [5.41, 5.74) is 0.413. The smallest absolute Gasteiger partial charge is 0.267 e. The lowest BCUT2D eigenvalue weighted by Gasteiger charge is -2.62. The predicted octanol–water partition coefficient (Wildman–Crippen LogP) is 1.53. The molecule has 100 valence electrons. The third-order valence-electron chi connectivity index (χ3n) is 5.31. The van der Waals surface area contributed by atoms with Crippen molar-refractivity contribution in [1.29, 1.82) is 0 Å². The van der Waals surface area contributed by atoms with Crippen LogP contribution < -0.4 is 5.32 Å². The molecule has 1 heterocycles. The second-order valence-corrected chi connectivity index (χ2v) is 7.72. The Morgan fingerprint density at radius 2 is 2.28 bits per heavy atom. The summed E-state index contributed by atoms with van der Waals surface area (Å²) in [7, 11) is 0. The first-order valence-electron chi connectivity index (χ1n) is 6.63. The van der Waals surface area contributed by atoms with E-state index >= 15 is 0 Å². The Labute approximate surface area is 112 Å². The predicted molar refractivity (Wildman–Crippen MR) is 72.5 cm³/mol. The lowest BCUT2D eigenvalue weighted by molar-refractivity contribution is -0.121. The van der Waals surface area contributed by atoms with Crippen molar-refractivity contribution in [3.63, 3.8) is 0 Å². The Hall–Kier alpha value is -0.550. The molecule has 0 aromatic heterocycles. The normalized spacial score (nSPS) is 47.8. The van der Waals surface area contributed by atoms with E-state index < -0.39 is 10.9 Å². The van der Waals surface area contributed by atoms with E-state index in [2.05, 4.69) is 17.2 Å². The molecule has 2 saturated carbocycles. The average molecular weight is 268 g/mol. The van der Waals surface area contributed by atoms with Gasteiger partial charge in [-0.2, -0.15) is 4.99 Å². The summed E-state index contributed by atoms with van der Waals surface area (Å²) in [6.45, 7) is 5.73. The van der Waals surface area contributed by atoms with Gasteiger partial charge >= 0.3 is 0 Å². The number of amidine groups is 1. The summed E-state index contributed by atoms with van der Waals surface area (Å²) in [4.78, 5) is 15.9. The first kappa shape index (κ1) is 12.5. The number of carbonyl (C=O) groups is 1. The van der Waals surface area contributed by atoms with Gasteiger partial charge in [-0.25, -0.2) is 0 Å². The number of rotatable bonds is 2. The maximum absolute atomic E-state index is 11.9. The Morgan fingerprint density at radius 1 is 1.56 bits per heavy atom. The van der Waals surface area contributed by atoms with Crippen LogP contribution >= 0.6 is 11.8 Å².